The van der Waals surface area contributed by atoms with E-state index in [-0.39, 0.29) is 5.97 Å². The van der Waals surface area contributed by atoms with Crippen molar-refractivity contribution in [1.82, 2.24) is 10.3 Å². The molecule has 0 saturated carbocycles. The Morgan fingerprint density at radius 1 is 1.40 bits per heavy atom. The number of nitrogens with zero attached hydrogens (tertiary/aromatic N) is 1. The second kappa shape index (κ2) is 6.86. The van der Waals surface area contributed by atoms with Crippen molar-refractivity contribution in [2.45, 2.75) is 19.9 Å². The molecule has 5 heteroatoms. The molecule has 2 rings (SSSR count). The molecule has 0 fully saturated rings. The van der Waals surface area contributed by atoms with Gasteiger partial charge in [0.2, 0.25) is 0 Å². The topological polar surface area (TPSA) is 64.4 Å². The van der Waals surface area contributed by atoms with Gasteiger partial charge in [-0.15, -0.1) is 0 Å². The van der Waals surface area contributed by atoms with Gasteiger partial charge in [0, 0.05) is 12.4 Å². The van der Waals surface area contributed by atoms with Crippen LogP contribution in [0.4, 0.5) is 0 Å². The van der Waals surface area contributed by atoms with E-state index in [9.17, 15) is 4.79 Å². The van der Waals surface area contributed by atoms with E-state index in [1.807, 2.05) is 12.1 Å². The van der Waals surface area contributed by atoms with Crippen molar-refractivity contribution in [3.8, 4) is 0 Å². The fourth-order valence-electron chi connectivity index (χ4n) is 1.94. The quantitative estimate of drug-likeness (QED) is 0.645. The normalized spacial score (nSPS) is 10.5. The minimum Gasteiger partial charge on any atom is -0.465 e. The van der Waals surface area contributed by atoms with Gasteiger partial charge in [0.1, 0.15) is 17.1 Å². The highest BCUT2D eigenvalue weighted by molar-refractivity contribution is 5.90. The van der Waals surface area contributed by atoms with Gasteiger partial charge in [0.25, 0.3) is 0 Å². The average molecular weight is 274 g/mol. The summed E-state index contributed by atoms with van der Waals surface area (Å²) in [4.78, 5) is 15.4. The lowest BCUT2D eigenvalue weighted by atomic mass is 10.2. The van der Waals surface area contributed by atoms with Gasteiger partial charge in [-0.2, -0.15) is 0 Å². The molecule has 1 N–H and O–H groups in total. The molecule has 0 saturated heterocycles. The zero-order chi connectivity index (χ0) is 14.4. The molecule has 2 aromatic heterocycles. The van der Waals surface area contributed by atoms with Crippen molar-refractivity contribution < 1.29 is 13.9 Å². The summed E-state index contributed by atoms with van der Waals surface area (Å²) in [6.45, 7) is 3.17. The van der Waals surface area contributed by atoms with Gasteiger partial charge < -0.3 is 14.5 Å². The van der Waals surface area contributed by atoms with Crippen LogP contribution in [-0.2, 0) is 17.7 Å². The van der Waals surface area contributed by atoms with Gasteiger partial charge in [-0.1, -0.05) is 0 Å². The van der Waals surface area contributed by atoms with E-state index in [1.165, 1.54) is 12.7 Å². The summed E-state index contributed by atoms with van der Waals surface area (Å²) in [5.74, 6) is 0.953. The highest BCUT2D eigenvalue weighted by Crippen LogP contribution is 2.15. The highest BCUT2D eigenvalue weighted by Gasteiger charge is 2.14. The first-order chi connectivity index (χ1) is 9.70. The Labute approximate surface area is 118 Å². The summed E-state index contributed by atoms with van der Waals surface area (Å²) in [5, 5.41) is 3.28. The van der Waals surface area contributed by atoms with Gasteiger partial charge >= 0.3 is 5.97 Å². The molecule has 5 nitrogen and oxygen atoms in total. The van der Waals surface area contributed by atoms with Crippen molar-refractivity contribution in [2.24, 2.45) is 0 Å². The summed E-state index contributed by atoms with van der Waals surface area (Å²) >= 11 is 0. The number of carbonyl (C=O) groups excluding carboxylic acids is 1. The third-order valence-corrected chi connectivity index (χ3v) is 3.01. The largest absolute Gasteiger partial charge is 0.465 e. The van der Waals surface area contributed by atoms with Crippen LogP contribution >= 0.6 is 0 Å². The number of hydrogen-bond acceptors (Lipinski definition) is 5. The molecule has 0 aliphatic rings. The number of hydrogen-bond donors (Lipinski definition) is 1. The Morgan fingerprint density at radius 3 is 2.85 bits per heavy atom. The summed E-state index contributed by atoms with van der Waals surface area (Å²) in [6, 6.07) is 5.71. The van der Waals surface area contributed by atoms with Gasteiger partial charge in [-0.25, -0.2) is 4.79 Å². The molecule has 0 aromatic carbocycles. The third-order valence-electron chi connectivity index (χ3n) is 3.01. The number of aryl methyl sites for hydroxylation is 1. The van der Waals surface area contributed by atoms with Crippen LogP contribution in [0.1, 0.15) is 27.4 Å². The third kappa shape index (κ3) is 3.68. The second-order valence-electron chi connectivity index (χ2n) is 4.46. The predicted molar refractivity (Wildman–Crippen MR) is 74.4 cm³/mol. The SMILES string of the molecule is COC(=O)c1cc(CNCCc2ccncc2)oc1C. The van der Waals surface area contributed by atoms with E-state index in [0.717, 1.165) is 18.7 Å². The summed E-state index contributed by atoms with van der Waals surface area (Å²) in [6.07, 6.45) is 4.49. The molecule has 2 heterocycles. The van der Waals surface area contributed by atoms with Crippen LogP contribution in [0.25, 0.3) is 0 Å². The number of nitrogens with one attached hydrogen (secondary N) is 1. The van der Waals surface area contributed by atoms with E-state index in [2.05, 4.69) is 15.0 Å². The van der Waals surface area contributed by atoms with Gasteiger partial charge in [0.15, 0.2) is 0 Å². The number of ether oxygens (including phenoxy) is 1. The zero-order valence-corrected chi connectivity index (χ0v) is 11.7. The Morgan fingerprint density at radius 2 is 2.15 bits per heavy atom. The molecule has 106 valence electrons. The number of carbonyl (C=O) groups is 1. The first-order valence-corrected chi connectivity index (χ1v) is 6.48. The first kappa shape index (κ1) is 14.3. The fourth-order valence-corrected chi connectivity index (χ4v) is 1.94. The van der Waals surface area contributed by atoms with Crippen LogP contribution in [0.15, 0.2) is 35.0 Å². The zero-order valence-electron chi connectivity index (χ0n) is 11.7. The van der Waals surface area contributed by atoms with Gasteiger partial charge in [-0.05, 0) is 43.7 Å². The van der Waals surface area contributed by atoms with E-state index >= 15 is 0 Å². The van der Waals surface area contributed by atoms with Crippen molar-refractivity contribution in [3.63, 3.8) is 0 Å². The maximum atomic E-state index is 11.5. The standard InChI is InChI=1S/C15H18N2O3/c1-11-14(15(18)19-2)9-13(20-11)10-17-8-5-12-3-6-16-7-4-12/h3-4,6-7,9,17H,5,8,10H2,1-2H3. The molecule has 0 aliphatic heterocycles. The molecule has 2 aromatic rings. The predicted octanol–water partition coefficient (Wildman–Crippen LogP) is 2.10. The van der Waals surface area contributed by atoms with Crippen LogP contribution in [0.3, 0.4) is 0 Å². The molecule has 0 unspecified atom stereocenters. The maximum Gasteiger partial charge on any atom is 0.341 e. The number of esters is 1. The van der Waals surface area contributed by atoms with Crippen LogP contribution in [0, 0.1) is 6.92 Å². The Balaban J connectivity index is 1.81. The number of furan rings is 1. The molecule has 0 aliphatic carbocycles. The van der Waals surface area contributed by atoms with Crippen LogP contribution in [0.2, 0.25) is 0 Å². The van der Waals surface area contributed by atoms with Crippen LogP contribution < -0.4 is 5.32 Å². The monoisotopic (exact) mass is 274 g/mol. The maximum absolute atomic E-state index is 11.5. The van der Waals surface area contributed by atoms with Crippen LogP contribution in [-0.4, -0.2) is 24.6 Å². The van der Waals surface area contributed by atoms with E-state index < -0.39 is 0 Å². The lowest BCUT2D eigenvalue weighted by Gasteiger charge is -2.02. The molecule has 0 radical (unpaired) electrons. The summed E-state index contributed by atoms with van der Waals surface area (Å²) in [7, 11) is 1.36. The Bertz CT molecular complexity index is 564. The summed E-state index contributed by atoms with van der Waals surface area (Å²) < 4.78 is 10.2. The molecular weight excluding hydrogens is 256 g/mol. The first-order valence-electron chi connectivity index (χ1n) is 6.48. The Hall–Kier alpha value is -2.14. The lowest BCUT2D eigenvalue weighted by Crippen LogP contribution is -2.16. The molecule has 0 spiro atoms. The highest BCUT2D eigenvalue weighted by atomic mass is 16.5. The van der Waals surface area contributed by atoms with E-state index in [0.29, 0.717) is 17.9 Å². The van der Waals surface area contributed by atoms with Crippen molar-refractivity contribution in [1.29, 1.82) is 0 Å². The molecule has 0 amide bonds. The molecule has 0 bridgehead atoms. The smallest absolute Gasteiger partial charge is 0.341 e. The van der Waals surface area contributed by atoms with Gasteiger partial charge in [-0.3, -0.25) is 4.98 Å². The minimum atomic E-state index is -0.366. The molecule has 20 heavy (non-hydrogen) atoms. The van der Waals surface area contributed by atoms with E-state index in [4.69, 9.17) is 4.42 Å². The minimum absolute atomic E-state index is 0.366. The van der Waals surface area contributed by atoms with Crippen LogP contribution in [0.5, 0.6) is 0 Å². The second-order valence-corrected chi connectivity index (χ2v) is 4.46. The number of pyridine rings is 1. The van der Waals surface area contributed by atoms with Crippen molar-refractivity contribution >= 4 is 5.97 Å². The number of rotatable bonds is 6. The number of methoxy groups -OCH3 is 1. The lowest BCUT2D eigenvalue weighted by molar-refractivity contribution is 0.0599. The average Bonchev–Trinajstić information content (AvgIpc) is 2.85. The van der Waals surface area contributed by atoms with Crippen molar-refractivity contribution in [2.75, 3.05) is 13.7 Å². The molecular formula is C15H18N2O3. The fraction of sp³-hybridized carbons (Fsp3) is 0.333. The van der Waals surface area contributed by atoms with Gasteiger partial charge in [0.05, 0.1) is 13.7 Å². The summed E-state index contributed by atoms with van der Waals surface area (Å²) in [5.41, 5.74) is 1.72. The number of aromatic nitrogens is 1. The Kier molecular flexibility index (Phi) is 4.90. The molecule has 0 atom stereocenters. The van der Waals surface area contributed by atoms with E-state index in [1.54, 1.807) is 25.4 Å². The van der Waals surface area contributed by atoms with Crippen molar-refractivity contribution in [3.05, 3.63) is 53.2 Å².